The fraction of sp³-hybridized carbons (Fsp3) is 0.133. The van der Waals surface area contributed by atoms with Crippen LogP contribution in [0.1, 0.15) is 11.5 Å². The Morgan fingerprint density at radius 1 is 1.25 bits per heavy atom. The van der Waals surface area contributed by atoms with Crippen molar-refractivity contribution in [2.24, 2.45) is 0 Å². The van der Waals surface area contributed by atoms with Crippen LogP contribution in [0.25, 0.3) is 11.1 Å². The number of benzene rings is 2. The monoisotopic (exact) mass is 351 g/mol. The number of fused-ring (bicyclic) bond motifs is 1. The van der Waals surface area contributed by atoms with E-state index in [2.05, 4.69) is 20.9 Å². The number of rotatable bonds is 3. The van der Waals surface area contributed by atoms with Crippen LogP contribution in [0.15, 0.2) is 45.3 Å². The average molecular weight is 353 g/mol. The van der Waals surface area contributed by atoms with E-state index in [-0.39, 0.29) is 0 Å². The molecule has 0 spiro atoms. The molecule has 1 heterocycles. The van der Waals surface area contributed by atoms with Gasteiger partial charge in [0.1, 0.15) is 11.3 Å². The molecule has 0 radical (unpaired) electrons. The predicted molar refractivity (Wildman–Crippen MR) is 82.5 cm³/mol. The summed E-state index contributed by atoms with van der Waals surface area (Å²) < 4.78 is 11.8. The molecular formula is C15H11BrClNO2. The smallest absolute Gasteiger partial charge is 0.199 e. The van der Waals surface area contributed by atoms with Crippen LogP contribution >= 0.6 is 27.5 Å². The minimum absolute atomic E-state index is 0.626. The number of methoxy groups -OCH3 is 1. The summed E-state index contributed by atoms with van der Waals surface area (Å²) in [5, 5.41) is 0.721. The summed E-state index contributed by atoms with van der Waals surface area (Å²) in [5.41, 5.74) is 2.61. The number of oxazole rings is 1. The Labute approximate surface area is 129 Å². The lowest BCUT2D eigenvalue weighted by atomic mass is 10.1. The lowest BCUT2D eigenvalue weighted by Crippen LogP contribution is -1.87. The SMILES string of the molecule is COc1cc(Br)c2oc(Cc3ccc(Cl)cc3)nc2c1. The summed E-state index contributed by atoms with van der Waals surface area (Å²) in [6, 6.07) is 11.4. The van der Waals surface area contributed by atoms with Crippen LogP contribution in [0, 0.1) is 0 Å². The first-order valence-corrected chi connectivity index (χ1v) is 7.20. The first kappa shape index (κ1) is 13.5. The normalized spacial score (nSPS) is 10.9. The van der Waals surface area contributed by atoms with Gasteiger partial charge in [-0.2, -0.15) is 0 Å². The highest BCUT2D eigenvalue weighted by atomic mass is 79.9. The first-order chi connectivity index (χ1) is 9.65. The van der Waals surface area contributed by atoms with Crippen LogP contribution in [0.2, 0.25) is 5.02 Å². The first-order valence-electron chi connectivity index (χ1n) is 6.03. The molecule has 0 amide bonds. The van der Waals surface area contributed by atoms with Crippen molar-refractivity contribution in [3.63, 3.8) is 0 Å². The van der Waals surface area contributed by atoms with E-state index in [1.54, 1.807) is 7.11 Å². The zero-order valence-corrected chi connectivity index (χ0v) is 13.0. The Bertz CT molecular complexity index is 752. The molecule has 0 atom stereocenters. The van der Waals surface area contributed by atoms with Gasteiger partial charge in [-0.3, -0.25) is 0 Å². The van der Waals surface area contributed by atoms with Gasteiger partial charge in [-0.1, -0.05) is 23.7 Å². The molecule has 1 aromatic heterocycles. The largest absolute Gasteiger partial charge is 0.497 e. The summed E-state index contributed by atoms with van der Waals surface area (Å²) >= 11 is 9.34. The van der Waals surface area contributed by atoms with Crippen LogP contribution in [0.5, 0.6) is 5.75 Å². The summed E-state index contributed by atoms with van der Waals surface area (Å²) in [4.78, 5) is 4.49. The van der Waals surface area contributed by atoms with Gasteiger partial charge in [0, 0.05) is 17.5 Å². The van der Waals surface area contributed by atoms with Crippen molar-refractivity contribution in [1.82, 2.24) is 4.98 Å². The van der Waals surface area contributed by atoms with Gasteiger partial charge < -0.3 is 9.15 Å². The second kappa shape index (κ2) is 5.46. The molecule has 0 aliphatic rings. The lowest BCUT2D eigenvalue weighted by molar-refractivity contribution is 0.415. The van der Waals surface area contributed by atoms with Crippen molar-refractivity contribution < 1.29 is 9.15 Å². The Kier molecular flexibility index (Phi) is 3.68. The Morgan fingerprint density at radius 3 is 2.70 bits per heavy atom. The van der Waals surface area contributed by atoms with E-state index in [0.717, 1.165) is 31.9 Å². The maximum absolute atomic E-state index is 5.87. The van der Waals surface area contributed by atoms with E-state index in [0.29, 0.717) is 12.3 Å². The Balaban J connectivity index is 1.96. The van der Waals surface area contributed by atoms with E-state index in [9.17, 15) is 0 Å². The molecule has 0 fully saturated rings. The minimum atomic E-state index is 0.626. The lowest BCUT2D eigenvalue weighted by Gasteiger charge is -1.99. The van der Waals surface area contributed by atoms with Gasteiger partial charge in [0.25, 0.3) is 0 Å². The van der Waals surface area contributed by atoms with Crippen molar-refractivity contribution >= 4 is 38.6 Å². The molecule has 3 aromatic rings. The van der Waals surface area contributed by atoms with Gasteiger partial charge in [-0.15, -0.1) is 0 Å². The quantitative estimate of drug-likeness (QED) is 0.676. The molecule has 3 nitrogen and oxygen atoms in total. The van der Waals surface area contributed by atoms with Crippen molar-refractivity contribution in [2.45, 2.75) is 6.42 Å². The van der Waals surface area contributed by atoms with Crippen LogP contribution in [0.3, 0.4) is 0 Å². The van der Waals surface area contributed by atoms with Crippen LogP contribution < -0.4 is 4.74 Å². The van der Waals surface area contributed by atoms with Crippen LogP contribution in [-0.4, -0.2) is 12.1 Å². The highest BCUT2D eigenvalue weighted by Gasteiger charge is 2.11. The molecule has 0 unspecified atom stereocenters. The van der Waals surface area contributed by atoms with Crippen LogP contribution in [0.4, 0.5) is 0 Å². The molecule has 5 heteroatoms. The van der Waals surface area contributed by atoms with Crippen molar-refractivity contribution in [2.75, 3.05) is 7.11 Å². The molecule has 0 bridgehead atoms. The Morgan fingerprint density at radius 2 is 2.00 bits per heavy atom. The van der Waals surface area contributed by atoms with Gasteiger partial charge in [0.05, 0.1) is 11.6 Å². The fourth-order valence-corrected chi connectivity index (χ4v) is 2.62. The second-order valence-electron chi connectivity index (χ2n) is 4.37. The van der Waals surface area contributed by atoms with E-state index in [1.807, 2.05) is 36.4 Å². The minimum Gasteiger partial charge on any atom is -0.497 e. The van der Waals surface area contributed by atoms with Crippen molar-refractivity contribution in [3.8, 4) is 5.75 Å². The Hall–Kier alpha value is -1.52. The molecule has 3 rings (SSSR count). The zero-order chi connectivity index (χ0) is 14.1. The van der Waals surface area contributed by atoms with Gasteiger partial charge >= 0.3 is 0 Å². The van der Waals surface area contributed by atoms with Crippen molar-refractivity contribution in [1.29, 1.82) is 0 Å². The molecule has 20 heavy (non-hydrogen) atoms. The van der Waals surface area contributed by atoms with Crippen LogP contribution in [-0.2, 0) is 6.42 Å². The third-order valence-electron chi connectivity index (χ3n) is 2.97. The van der Waals surface area contributed by atoms with Gasteiger partial charge in [-0.05, 0) is 39.7 Å². The topological polar surface area (TPSA) is 35.3 Å². The van der Waals surface area contributed by atoms with E-state index in [1.165, 1.54) is 0 Å². The number of hydrogen-bond acceptors (Lipinski definition) is 3. The van der Waals surface area contributed by atoms with E-state index < -0.39 is 0 Å². The number of ether oxygens (including phenoxy) is 1. The van der Waals surface area contributed by atoms with Crippen molar-refractivity contribution in [3.05, 3.63) is 57.3 Å². The summed E-state index contributed by atoms with van der Waals surface area (Å²) in [5.74, 6) is 1.41. The maximum Gasteiger partial charge on any atom is 0.199 e. The highest BCUT2D eigenvalue weighted by Crippen LogP contribution is 2.30. The molecule has 0 saturated heterocycles. The van der Waals surface area contributed by atoms with Gasteiger partial charge in [0.2, 0.25) is 0 Å². The molecule has 2 aromatic carbocycles. The number of aromatic nitrogens is 1. The summed E-state index contributed by atoms with van der Waals surface area (Å²) in [6.45, 7) is 0. The fourth-order valence-electron chi connectivity index (χ4n) is 1.98. The number of halogens is 2. The van der Waals surface area contributed by atoms with E-state index >= 15 is 0 Å². The average Bonchev–Trinajstić information content (AvgIpc) is 2.84. The third kappa shape index (κ3) is 2.67. The third-order valence-corrected chi connectivity index (χ3v) is 3.81. The van der Waals surface area contributed by atoms with Gasteiger partial charge in [0.15, 0.2) is 11.5 Å². The second-order valence-corrected chi connectivity index (χ2v) is 5.66. The maximum atomic E-state index is 5.87. The standard InChI is InChI=1S/C15H11BrClNO2/c1-19-11-7-12(16)15-13(8-11)18-14(20-15)6-9-2-4-10(17)5-3-9/h2-5,7-8H,6H2,1H3. The summed E-state index contributed by atoms with van der Waals surface area (Å²) in [6.07, 6.45) is 0.626. The predicted octanol–water partition coefficient (Wildman–Crippen LogP) is 4.84. The number of nitrogens with zero attached hydrogens (tertiary/aromatic N) is 1. The number of hydrogen-bond donors (Lipinski definition) is 0. The molecule has 0 aliphatic carbocycles. The van der Waals surface area contributed by atoms with Gasteiger partial charge in [-0.25, -0.2) is 4.98 Å². The van der Waals surface area contributed by atoms with E-state index in [4.69, 9.17) is 20.8 Å². The highest BCUT2D eigenvalue weighted by molar-refractivity contribution is 9.10. The molecule has 0 saturated carbocycles. The summed E-state index contributed by atoms with van der Waals surface area (Å²) in [7, 11) is 1.63. The molecule has 0 aliphatic heterocycles. The molecule has 0 N–H and O–H groups in total. The molecule has 102 valence electrons. The zero-order valence-electron chi connectivity index (χ0n) is 10.7. The molecular weight excluding hydrogens is 342 g/mol.